The molecular weight excluding hydrogens is 266 g/mol. The Labute approximate surface area is 118 Å². The van der Waals surface area contributed by atoms with Gasteiger partial charge in [-0.1, -0.05) is 6.92 Å². The van der Waals surface area contributed by atoms with E-state index in [1.807, 2.05) is 11.2 Å². The number of piperazine rings is 1. The summed E-state index contributed by atoms with van der Waals surface area (Å²) in [6.45, 7) is 4.55. The van der Waals surface area contributed by atoms with E-state index in [-0.39, 0.29) is 18.6 Å². The van der Waals surface area contributed by atoms with Crippen LogP contribution >= 0.6 is 11.8 Å². The molecule has 2 N–H and O–H groups in total. The zero-order valence-electron chi connectivity index (χ0n) is 11.6. The largest absolute Gasteiger partial charge is 0.480 e. The minimum atomic E-state index is -0.816. The number of carbonyl (C=O) groups is 2. The first kappa shape index (κ1) is 16.1. The van der Waals surface area contributed by atoms with Gasteiger partial charge in [0.1, 0.15) is 0 Å². The summed E-state index contributed by atoms with van der Waals surface area (Å²) >= 11 is 1.72. The SMILES string of the molecule is CCC(CSC)NC(=O)N1CCN(CC(=O)O)CC1. The molecule has 1 rings (SSSR count). The maximum absolute atomic E-state index is 12.0. The van der Waals surface area contributed by atoms with E-state index >= 15 is 0 Å². The maximum atomic E-state index is 12.0. The van der Waals surface area contributed by atoms with Crippen molar-refractivity contribution in [1.82, 2.24) is 15.1 Å². The van der Waals surface area contributed by atoms with Gasteiger partial charge in [0.05, 0.1) is 6.54 Å². The van der Waals surface area contributed by atoms with Crippen molar-refractivity contribution >= 4 is 23.8 Å². The van der Waals surface area contributed by atoms with E-state index in [9.17, 15) is 9.59 Å². The van der Waals surface area contributed by atoms with Crippen LogP contribution < -0.4 is 5.32 Å². The molecule has 0 aromatic heterocycles. The number of aliphatic carboxylic acids is 1. The van der Waals surface area contributed by atoms with Gasteiger partial charge in [0.2, 0.25) is 0 Å². The minimum absolute atomic E-state index is 0.0316. The molecule has 1 unspecified atom stereocenters. The molecule has 0 radical (unpaired) electrons. The number of nitrogens with one attached hydrogen (secondary N) is 1. The van der Waals surface area contributed by atoms with Crippen molar-refractivity contribution in [3.05, 3.63) is 0 Å². The van der Waals surface area contributed by atoms with Gasteiger partial charge in [-0.2, -0.15) is 11.8 Å². The first-order valence-electron chi connectivity index (χ1n) is 6.55. The first-order valence-corrected chi connectivity index (χ1v) is 7.94. The van der Waals surface area contributed by atoms with Crippen molar-refractivity contribution in [3.8, 4) is 0 Å². The lowest BCUT2D eigenvalue weighted by Crippen LogP contribution is -2.54. The number of carboxylic acids is 1. The molecule has 0 bridgehead atoms. The Kier molecular flexibility index (Phi) is 7.01. The van der Waals surface area contributed by atoms with Crippen molar-refractivity contribution < 1.29 is 14.7 Å². The van der Waals surface area contributed by atoms with Crippen LogP contribution in [-0.2, 0) is 4.79 Å². The highest BCUT2D eigenvalue weighted by Crippen LogP contribution is 2.05. The number of carbonyl (C=O) groups excluding carboxylic acids is 1. The van der Waals surface area contributed by atoms with Crippen LogP contribution in [0, 0.1) is 0 Å². The normalized spacial score (nSPS) is 18.1. The smallest absolute Gasteiger partial charge is 0.317 e. The Balaban J connectivity index is 2.33. The number of thioether (sulfide) groups is 1. The van der Waals surface area contributed by atoms with Crippen LogP contribution in [0.2, 0.25) is 0 Å². The van der Waals surface area contributed by atoms with Gasteiger partial charge < -0.3 is 15.3 Å². The predicted octanol–water partition coefficient (Wildman–Crippen LogP) is 0.540. The molecule has 0 aromatic rings. The molecule has 0 aromatic carbocycles. The molecule has 6 nitrogen and oxygen atoms in total. The number of amides is 2. The van der Waals surface area contributed by atoms with Gasteiger partial charge >= 0.3 is 12.0 Å². The standard InChI is InChI=1S/C12H23N3O3S/c1-3-10(9-19-2)13-12(18)15-6-4-14(5-7-15)8-11(16)17/h10H,3-9H2,1-2H3,(H,13,18)(H,16,17). The topological polar surface area (TPSA) is 72.9 Å². The number of hydrogen-bond donors (Lipinski definition) is 2. The van der Waals surface area contributed by atoms with E-state index in [1.54, 1.807) is 16.7 Å². The quantitative estimate of drug-likeness (QED) is 0.746. The molecule has 1 saturated heterocycles. The third kappa shape index (κ3) is 5.69. The molecule has 1 atom stereocenters. The molecule has 0 aliphatic carbocycles. The summed E-state index contributed by atoms with van der Waals surface area (Å²) in [7, 11) is 0. The van der Waals surface area contributed by atoms with E-state index < -0.39 is 5.97 Å². The summed E-state index contributed by atoms with van der Waals surface area (Å²) in [4.78, 5) is 26.3. The fourth-order valence-corrected chi connectivity index (χ4v) is 2.75. The monoisotopic (exact) mass is 289 g/mol. The van der Waals surface area contributed by atoms with Crippen LogP contribution in [0.15, 0.2) is 0 Å². The highest BCUT2D eigenvalue weighted by atomic mass is 32.2. The van der Waals surface area contributed by atoms with Gasteiger partial charge in [-0.3, -0.25) is 9.69 Å². The molecule has 1 aliphatic rings. The predicted molar refractivity (Wildman–Crippen MR) is 76.6 cm³/mol. The van der Waals surface area contributed by atoms with E-state index in [4.69, 9.17) is 5.11 Å². The van der Waals surface area contributed by atoms with Gasteiger partial charge in [-0.15, -0.1) is 0 Å². The maximum Gasteiger partial charge on any atom is 0.317 e. The first-order chi connectivity index (χ1) is 9.06. The molecule has 1 heterocycles. The second-order valence-electron chi connectivity index (χ2n) is 4.67. The van der Waals surface area contributed by atoms with Crippen molar-refractivity contribution in [3.63, 3.8) is 0 Å². The molecule has 0 saturated carbocycles. The third-order valence-electron chi connectivity index (χ3n) is 3.21. The van der Waals surface area contributed by atoms with Crippen molar-refractivity contribution in [2.24, 2.45) is 0 Å². The summed E-state index contributed by atoms with van der Waals surface area (Å²) in [6.07, 6.45) is 2.95. The summed E-state index contributed by atoms with van der Waals surface area (Å²) in [5.41, 5.74) is 0. The molecule has 7 heteroatoms. The van der Waals surface area contributed by atoms with Gasteiger partial charge in [0, 0.05) is 38.0 Å². The molecule has 1 aliphatic heterocycles. The minimum Gasteiger partial charge on any atom is -0.480 e. The fraction of sp³-hybridized carbons (Fsp3) is 0.833. The van der Waals surface area contributed by atoms with E-state index in [0.717, 1.165) is 12.2 Å². The summed E-state index contributed by atoms with van der Waals surface area (Å²) in [5, 5.41) is 11.7. The Morgan fingerprint density at radius 1 is 1.32 bits per heavy atom. The lowest BCUT2D eigenvalue weighted by molar-refractivity contribution is -0.138. The second-order valence-corrected chi connectivity index (χ2v) is 5.58. The van der Waals surface area contributed by atoms with Crippen molar-refractivity contribution in [1.29, 1.82) is 0 Å². The van der Waals surface area contributed by atoms with Crippen molar-refractivity contribution in [2.75, 3.05) is 44.7 Å². The Morgan fingerprint density at radius 2 is 1.95 bits per heavy atom. The zero-order chi connectivity index (χ0) is 14.3. The van der Waals surface area contributed by atoms with Crippen molar-refractivity contribution in [2.45, 2.75) is 19.4 Å². The summed E-state index contributed by atoms with van der Waals surface area (Å²) in [5.74, 6) is 0.102. The average Bonchev–Trinajstić information content (AvgIpc) is 2.38. The van der Waals surface area contributed by atoms with Gasteiger partial charge in [-0.25, -0.2) is 4.79 Å². The van der Waals surface area contributed by atoms with E-state index in [0.29, 0.717) is 26.2 Å². The van der Waals surface area contributed by atoms with Gasteiger partial charge in [-0.05, 0) is 12.7 Å². The molecule has 2 amide bonds. The second kappa shape index (κ2) is 8.27. The Morgan fingerprint density at radius 3 is 2.42 bits per heavy atom. The van der Waals surface area contributed by atoms with Gasteiger partial charge in [0.15, 0.2) is 0 Å². The number of nitrogens with zero attached hydrogens (tertiary/aromatic N) is 2. The van der Waals surface area contributed by atoms with Gasteiger partial charge in [0.25, 0.3) is 0 Å². The van der Waals surface area contributed by atoms with E-state index in [1.165, 1.54) is 0 Å². The highest BCUT2D eigenvalue weighted by Gasteiger charge is 2.23. The lowest BCUT2D eigenvalue weighted by atomic mass is 10.2. The van der Waals surface area contributed by atoms with E-state index in [2.05, 4.69) is 12.2 Å². The molecule has 19 heavy (non-hydrogen) atoms. The average molecular weight is 289 g/mol. The highest BCUT2D eigenvalue weighted by molar-refractivity contribution is 7.98. The molecule has 1 fully saturated rings. The zero-order valence-corrected chi connectivity index (χ0v) is 12.4. The summed E-state index contributed by atoms with van der Waals surface area (Å²) < 4.78 is 0. The van der Waals surface area contributed by atoms with Crippen LogP contribution in [0.3, 0.4) is 0 Å². The Bertz CT molecular complexity index is 307. The molecular formula is C12H23N3O3S. The van der Waals surface area contributed by atoms with Crippen LogP contribution in [0.1, 0.15) is 13.3 Å². The van der Waals surface area contributed by atoms with Crippen LogP contribution in [0.4, 0.5) is 4.79 Å². The molecule has 0 spiro atoms. The summed E-state index contributed by atoms with van der Waals surface area (Å²) in [6, 6.07) is 0.176. The van der Waals surface area contributed by atoms with Crippen LogP contribution in [0.5, 0.6) is 0 Å². The number of carboxylic acid groups (broad SMARTS) is 1. The van der Waals surface area contributed by atoms with Crippen LogP contribution in [-0.4, -0.2) is 77.7 Å². The number of hydrogen-bond acceptors (Lipinski definition) is 4. The third-order valence-corrected chi connectivity index (χ3v) is 3.94. The Hall–Kier alpha value is -0.950. The van der Waals surface area contributed by atoms with Crippen LogP contribution in [0.25, 0.3) is 0 Å². The molecule has 110 valence electrons. The number of urea groups is 1. The lowest BCUT2D eigenvalue weighted by Gasteiger charge is -2.34. The number of rotatable bonds is 6. The fourth-order valence-electron chi connectivity index (χ4n) is 2.03.